The molecule has 1 aromatic rings. The van der Waals surface area contributed by atoms with Crippen molar-refractivity contribution in [3.05, 3.63) is 28.7 Å². The van der Waals surface area contributed by atoms with Crippen molar-refractivity contribution < 1.29 is 9.84 Å². The number of hydrogen-bond acceptors (Lipinski definition) is 3. The van der Waals surface area contributed by atoms with Crippen LogP contribution in [0.4, 0.5) is 0 Å². The van der Waals surface area contributed by atoms with Gasteiger partial charge in [0.2, 0.25) is 0 Å². The zero-order valence-corrected chi connectivity index (χ0v) is 14.7. The van der Waals surface area contributed by atoms with Crippen LogP contribution < -0.4 is 0 Å². The van der Waals surface area contributed by atoms with Gasteiger partial charge in [0.05, 0.1) is 11.7 Å². The van der Waals surface area contributed by atoms with E-state index in [-0.39, 0.29) is 11.7 Å². The van der Waals surface area contributed by atoms with Gasteiger partial charge in [-0.15, -0.1) is 11.8 Å². The van der Waals surface area contributed by atoms with Crippen LogP contribution in [0.1, 0.15) is 38.5 Å². The molecule has 21 heavy (non-hydrogen) atoms. The maximum atomic E-state index is 10.6. The number of hydrogen-bond donors (Lipinski definition) is 1. The van der Waals surface area contributed by atoms with Crippen molar-refractivity contribution in [2.75, 3.05) is 12.4 Å². The van der Waals surface area contributed by atoms with E-state index in [4.69, 9.17) is 4.74 Å². The summed E-state index contributed by atoms with van der Waals surface area (Å²) in [5.41, 5.74) is 0.102. The van der Waals surface area contributed by atoms with Crippen LogP contribution in [0.5, 0.6) is 0 Å². The Bertz CT molecular complexity index is 474. The Morgan fingerprint density at radius 1 is 1.38 bits per heavy atom. The van der Waals surface area contributed by atoms with Crippen molar-refractivity contribution in [3.8, 4) is 0 Å². The topological polar surface area (TPSA) is 29.5 Å². The van der Waals surface area contributed by atoms with Crippen molar-refractivity contribution in [2.45, 2.75) is 55.1 Å². The summed E-state index contributed by atoms with van der Waals surface area (Å²) in [5, 5.41) is 10.6. The van der Waals surface area contributed by atoms with Gasteiger partial charge in [0.25, 0.3) is 0 Å². The summed E-state index contributed by atoms with van der Waals surface area (Å²) >= 11 is 5.24. The molecule has 1 aliphatic carbocycles. The predicted octanol–water partition coefficient (Wildman–Crippen LogP) is 4.64. The fourth-order valence-corrected chi connectivity index (χ4v) is 5.21. The van der Waals surface area contributed by atoms with Crippen molar-refractivity contribution in [1.82, 2.24) is 0 Å². The molecule has 116 valence electrons. The van der Waals surface area contributed by atoms with Crippen molar-refractivity contribution >= 4 is 27.7 Å². The highest BCUT2D eigenvalue weighted by atomic mass is 79.9. The number of benzene rings is 1. The minimum Gasteiger partial charge on any atom is -0.392 e. The molecule has 0 amide bonds. The molecule has 1 N–H and O–H groups in total. The molecule has 0 radical (unpaired) electrons. The Kier molecular flexibility index (Phi) is 5.31. The molecular formula is C17H23BrO2S. The van der Waals surface area contributed by atoms with Gasteiger partial charge in [-0.2, -0.15) is 0 Å². The van der Waals surface area contributed by atoms with Crippen LogP contribution in [0.2, 0.25) is 0 Å². The van der Waals surface area contributed by atoms with E-state index in [9.17, 15) is 5.11 Å². The lowest BCUT2D eigenvalue weighted by Crippen LogP contribution is -2.41. The molecule has 1 saturated heterocycles. The molecule has 1 aliphatic heterocycles. The molecule has 2 nitrogen and oxygen atoms in total. The SMILES string of the molecule is OC(CSc1cccc(Br)c1)C1CCOC2(CCCC2)C1. The predicted molar refractivity (Wildman–Crippen MR) is 90.7 cm³/mol. The van der Waals surface area contributed by atoms with Crippen LogP contribution >= 0.6 is 27.7 Å². The van der Waals surface area contributed by atoms with E-state index in [2.05, 4.69) is 28.1 Å². The Morgan fingerprint density at radius 3 is 2.95 bits per heavy atom. The molecule has 2 fully saturated rings. The second kappa shape index (κ2) is 7.03. The first-order chi connectivity index (χ1) is 10.2. The van der Waals surface area contributed by atoms with Gasteiger partial charge in [-0.3, -0.25) is 0 Å². The molecule has 0 bridgehead atoms. The molecule has 2 atom stereocenters. The smallest absolute Gasteiger partial charge is 0.0686 e. The molecule has 0 aromatic heterocycles. The summed E-state index contributed by atoms with van der Waals surface area (Å²) in [6.07, 6.45) is 6.78. The van der Waals surface area contributed by atoms with Gasteiger partial charge < -0.3 is 9.84 Å². The number of aliphatic hydroxyl groups excluding tert-OH is 1. The standard InChI is InChI=1S/C17H23BrO2S/c18-14-4-3-5-15(10-14)21-12-16(19)13-6-9-20-17(11-13)7-1-2-8-17/h3-5,10,13,16,19H,1-2,6-9,11-12H2. The molecular weight excluding hydrogens is 348 g/mol. The normalized spacial score (nSPS) is 26.1. The average Bonchev–Trinajstić information content (AvgIpc) is 2.93. The molecule has 4 heteroatoms. The van der Waals surface area contributed by atoms with Gasteiger partial charge in [-0.05, 0) is 49.8 Å². The lowest BCUT2D eigenvalue weighted by molar-refractivity contribution is -0.109. The van der Waals surface area contributed by atoms with E-state index in [0.29, 0.717) is 5.92 Å². The van der Waals surface area contributed by atoms with Gasteiger partial charge >= 0.3 is 0 Å². The zero-order chi connectivity index (χ0) is 14.7. The summed E-state index contributed by atoms with van der Waals surface area (Å²) in [5.74, 6) is 1.17. The lowest BCUT2D eigenvalue weighted by Gasteiger charge is -2.40. The van der Waals surface area contributed by atoms with Crippen LogP contribution in [-0.4, -0.2) is 29.2 Å². The number of halogens is 1. The Morgan fingerprint density at radius 2 is 2.19 bits per heavy atom. The van der Waals surface area contributed by atoms with E-state index in [0.717, 1.165) is 29.7 Å². The summed E-state index contributed by atoms with van der Waals surface area (Å²) in [7, 11) is 0. The third kappa shape index (κ3) is 4.04. The highest BCUT2D eigenvalue weighted by Crippen LogP contribution is 2.43. The molecule has 3 rings (SSSR count). The third-order valence-corrected chi connectivity index (χ3v) is 6.40. The van der Waals surface area contributed by atoms with Crippen LogP contribution in [0.25, 0.3) is 0 Å². The summed E-state index contributed by atoms with van der Waals surface area (Å²) in [4.78, 5) is 1.21. The highest BCUT2D eigenvalue weighted by molar-refractivity contribution is 9.10. The van der Waals surface area contributed by atoms with Gasteiger partial charge in [0, 0.05) is 21.7 Å². The Labute approximate surface area is 139 Å². The van der Waals surface area contributed by atoms with E-state index < -0.39 is 0 Å². The highest BCUT2D eigenvalue weighted by Gasteiger charge is 2.41. The van der Waals surface area contributed by atoms with E-state index >= 15 is 0 Å². The minimum atomic E-state index is -0.227. The number of thioether (sulfide) groups is 1. The molecule has 2 aliphatic rings. The van der Waals surface area contributed by atoms with Crippen molar-refractivity contribution in [1.29, 1.82) is 0 Å². The average molecular weight is 371 g/mol. The van der Waals surface area contributed by atoms with E-state index in [1.54, 1.807) is 11.8 Å². The first-order valence-corrected chi connectivity index (χ1v) is 9.65. The molecule has 1 aromatic carbocycles. The van der Waals surface area contributed by atoms with Gasteiger partial charge in [0.15, 0.2) is 0 Å². The van der Waals surface area contributed by atoms with Gasteiger partial charge in [0.1, 0.15) is 0 Å². The van der Waals surface area contributed by atoms with Gasteiger partial charge in [-0.1, -0.05) is 34.8 Å². The van der Waals surface area contributed by atoms with Crippen LogP contribution in [0, 0.1) is 5.92 Å². The molecule has 1 heterocycles. The van der Waals surface area contributed by atoms with Crippen LogP contribution in [-0.2, 0) is 4.74 Å². The first-order valence-electron chi connectivity index (χ1n) is 7.87. The number of ether oxygens (including phenoxy) is 1. The maximum absolute atomic E-state index is 10.6. The van der Waals surface area contributed by atoms with Crippen molar-refractivity contribution in [2.24, 2.45) is 5.92 Å². The van der Waals surface area contributed by atoms with Gasteiger partial charge in [-0.25, -0.2) is 0 Å². The fraction of sp³-hybridized carbons (Fsp3) is 0.647. The summed E-state index contributed by atoms with van der Waals surface area (Å²) < 4.78 is 7.16. The Balaban J connectivity index is 1.54. The van der Waals surface area contributed by atoms with E-state index in [1.807, 2.05) is 12.1 Å². The molecule has 1 spiro atoms. The van der Waals surface area contributed by atoms with Crippen molar-refractivity contribution in [3.63, 3.8) is 0 Å². The largest absolute Gasteiger partial charge is 0.392 e. The fourth-order valence-electron chi connectivity index (χ4n) is 3.64. The summed E-state index contributed by atoms with van der Waals surface area (Å²) in [6, 6.07) is 8.29. The minimum absolute atomic E-state index is 0.102. The maximum Gasteiger partial charge on any atom is 0.0686 e. The first kappa shape index (κ1) is 15.9. The monoisotopic (exact) mass is 370 g/mol. The van der Waals surface area contributed by atoms with E-state index in [1.165, 1.54) is 30.6 Å². The second-order valence-electron chi connectivity index (χ2n) is 6.33. The number of aliphatic hydroxyl groups is 1. The quantitative estimate of drug-likeness (QED) is 0.782. The number of rotatable bonds is 4. The summed E-state index contributed by atoms with van der Waals surface area (Å²) in [6.45, 7) is 0.823. The second-order valence-corrected chi connectivity index (χ2v) is 8.34. The Hall–Kier alpha value is -0.0300. The molecule has 1 saturated carbocycles. The lowest BCUT2D eigenvalue weighted by atomic mass is 9.82. The molecule has 2 unspecified atom stereocenters. The zero-order valence-electron chi connectivity index (χ0n) is 12.3. The third-order valence-electron chi connectivity index (χ3n) is 4.81. The van der Waals surface area contributed by atoms with Crippen LogP contribution in [0.3, 0.4) is 0 Å². The van der Waals surface area contributed by atoms with Crippen LogP contribution in [0.15, 0.2) is 33.6 Å².